The standard InChI is InChI=1S/C10H17ClO/c1-8(2)5-4-6-9(3)7-10(11)12/h5,7,10,12H,4,6H2,1-3H3/b9-7-. The smallest absolute Gasteiger partial charge is 0.146 e. The van der Waals surface area contributed by atoms with Gasteiger partial charge < -0.3 is 5.11 Å². The molecule has 0 saturated heterocycles. The van der Waals surface area contributed by atoms with Crippen molar-refractivity contribution in [3.05, 3.63) is 23.3 Å². The number of alkyl halides is 1. The first kappa shape index (κ1) is 11.7. The summed E-state index contributed by atoms with van der Waals surface area (Å²) in [4.78, 5) is 0. The molecule has 12 heavy (non-hydrogen) atoms. The average Bonchev–Trinajstić information content (AvgIpc) is 1.84. The van der Waals surface area contributed by atoms with E-state index in [9.17, 15) is 0 Å². The predicted octanol–water partition coefficient (Wildman–Crippen LogP) is 3.24. The molecule has 0 bridgehead atoms. The Morgan fingerprint density at radius 2 is 2.00 bits per heavy atom. The maximum atomic E-state index is 8.80. The maximum absolute atomic E-state index is 8.80. The summed E-state index contributed by atoms with van der Waals surface area (Å²) in [7, 11) is 0. The molecule has 0 amide bonds. The highest BCUT2D eigenvalue weighted by Crippen LogP contribution is 2.08. The van der Waals surface area contributed by atoms with Gasteiger partial charge >= 0.3 is 0 Å². The van der Waals surface area contributed by atoms with Crippen LogP contribution in [0.5, 0.6) is 0 Å². The zero-order chi connectivity index (χ0) is 9.56. The summed E-state index contributed by atoms with van der Waals surface area (Å²) in [6, 6.07) is 0. The lowest BCUT2D eigenvalue weighted by atomic mass is 10.1. The topological polar surface area (TPSA) is 20.2 Å². The van der Waals surface area contributed by atoms with Gasteiger partial charge in [0.1, 0.15) is 5.56 Å². The Bertz CT molecular complexity index is 176. The normalized spacial score (nSPS) is 14.2. The molecule has 0 aliphatic carbocycles. The van der Waals surface area contributed by atoms with Gasteiger partial charge in [-0.1, -0.05) is 28.8 Å². The number of rotatable bonds is 4. The molecule has 0 spiro atoms. The molecule has 0 aliphatic heterocycles. The molecule has 2 heteroatoms. The molecule has 70 valence electrons. The van der Waals surface area contributed by atoms with E-state index in [1.807, 2.05) is 6.92 Å². The highest BCUT2D eigenvalue weighted by Gasteiger charge is 1.93. The summed E-state index contributed by atoms with van der Waals surface area (Å²) in [5, 5.41) is 8.80. The lowest BCUT2D eigenvalue weighted by molar-refractivity contribution is 0.302. The van der Waals surface area contributed by atoms with Crippen LogP contribution >= 0.6 is 11.6 Å². The molecule has 0 radical (unpaired) electrons. The summed E-state index contributed by atoms with van der Waals surface area (Å²) in [5.74, 6) is 0. The highest BCUT2D eigenvalue weighted by atomic mass is 35.5. The number of hydrogen-bond donors (Lipinski definition) is 1. The first-order valence-corrected chi connectivity index (χ1v) is 4.59. The van der Waals surface area contributed by atoms with Crippen molar-refractivity contribution in [3.63, 3.8) is 0 Å². The van der Waals surface area contributed by atoms with Crippen LogP contribution < -0.4 is 0 Å². The van der Waals surface area contributed by atoms with Gasteiger partial charge in [0.15, 0.2) is 0 Å². The van der Waals surface area contributed by atoms with Gasteiger partial charge in [0.25, 0.3) is 0 Å². The van der Waals surface area contributed by atoms with Crippen LogP contribution in [-0.4, -0.2) is 10.7 Å². The van der Waals surface area contributed by atoms with E-state index in [0.29, 0.717) is 0 Å². The largest absolute Gasteiger partial charge is 0.374 e. The molecular weight excluding hydrogens is 172 g/mol. The van der Waals surface area contributed by atoms with E-state index < -0.39 is 5.56 Å². The molecule has 0 rings (SSSR count). The van der Waals surface area contributed by atoms with Crippen molar-refractivity contribution in [2.24, 2.45) is 0 Å². The molecule has 1 atom stereocenters. The lowest BCUT2D eigenvalue weighted by Crippen LogP contribution is -1.90. The summed E-state index contributed by atoms with van der Waals surface area (Å²) >= 11 is 5.38. The Morgan fingerprint density at radius 1 is 1.42 bits per heavy atom. The Kier molecular flexibility index (Phi) is 6.13. The van der Waals surface area contributed by atoms with Gasteiger partial charge in [-0.2, -0.15) is 0 Å². The van der Waals surface area contributed by atoms with E-state index in [-0.39, 0.29) is 0 Å². The van der Waals surface area contributed by atoms with Gasteiger partial charge in [-0.25, -0.2) is 0 Å². The molecule has 1 unspecified atom stereocenters. The van der Waals surface area contributed by atoms with Crippen LogP contribution in [-0.2, 0) is 0 Å². The number of aliphatic hydroxyl groups excluding tert-OH is 1. The molecule has 1 nitrogen and oxygen atoms in total. The third kappa shape index (κ3) is 7.83. The first-order chi connectivity index (χ1) is 5.52. The van der Waals surface area contributed by atoms with Crippen LogP contribution in [0.1, 0.15) is 33.6 Å². The van der Waals surface area contributed by atoms with Crippen molar-refractivity contribution in [2.45, 2.75) is 39.2 Å². The van der Waals surface area contributed by atoms with E-state index in [1.165, 1.54) is 5.57 Å². The van der Waals surface area contributed by atoms with Gasteiger partial charge in [0.05, 0.1) is 0 Å². The number of halogens is 1. The van der Waals surface area contributed by atoms with E-state index in [0.717, 1.165) is 18.4 Å². The summed E-state index contributed by atoms with van der Waals surface area (Å²) in [6.07, 6.45) is 5.83. The van der Waals surface area contributed by atoms with Crippen molar-refractivity contribution >= 4 is 11.6 Å². The van der Waals surface area contributed by atoms with Gasteiger partial charge in [-0.05, 0) is 39.7 Å². The summed E-state index contributed by atoms with van der Waals surface area (Å²) in [5.41, 5.74) is 1.63. The molecule has 0 saturated carbocycles. The van der Waals surface area contributed by atoms with Crippen LogP contribution in [0, 0.1) is 0 Å². The van der Waals surface area contributed by atoms with Gasteiger partial charge in [0.2, 0.25) is 0 Å². The van der Waals surface area contributed by atoms with Crippen LogP contribution in [0.4, 0.5) is 0 Å². The van der Waals surface area contributed by atoms with Crippen molar-refractivity contribution < 1.29 is 5.11 Å². The van der Waals surface area contributed by atoms with E-state index in [4.69, 9.17) is 16.7 Å². The predicted molar refractivity (Wildman–Crippen MR) is 54.3 cm³/mol. The third-order valence-corrected chi connectivity index (χ3v) is 1.64. The molecule has 1 N–H and O–H groups in total. The van der Waals surface area contributed by atoms with Crippen molar-refractivity contribution in [1.82, 2.24) is 0 Å². The molecule has 0 aromatic carbocycles. The zero-order valence-corrected chi connectivity index (χ0v) is 8.73. The molecule has 0 aromatic rings. The second-order valence-corrected chi connectivity index (χ2v) is 3.65. The first-order valence-electron chi connectivity index (χ1n) is 4.15. The van der Waals surface area contributed by atoms with E-state index >= 15 is 0 Å². The fourth-order valence-electron chi connectivity index (χ4n) is 0.907. The zero-order valence-electron chi connectivity index (χ0n) is 7.97. The Balaban J connectivity index is 3.71. The number of aliphatic hydroxyl groups is 1. The highest BCUT2D eigenvalue weighted by molar-refractivity contribution is 6.20. The molecule has 0 heterocycles. The van der Waals surface area contributed by atoms with E-state index in [1.54, 1.807) is 6.08 Å². The van der Waals surface area contributed by atoms with Crippen molar-refractivity contribution in [2.75, 3.05) is 0 Å². The van der Waals surface area contributed by atoms with E-state index in [2.05, 4.69) is 19.9 Å². The Morgan fingerprint density at radius 3 is 2.42 bits per heavy atom. The summed E-state index contributed by atoms with van der Waals surface area (Å²) < 4.78 is 0. The quantitative estimate of drug-likeness (QED) is 0.531. The fraction of sp³-hybridized carbons (Fsp3) is 0.600. The van der Waals surface area contributed by atoms with Gasteiger partial charge in [-0.15, -0.1) is 0 Å². The second-order valence-electron chi connectivity index (χ2n) is 3.21. The van der Waals surface area contributed by atoms with Crippen molar-refractivity contribution in [1.29, 1.82) is 0 Å². The van der Waals surface area contributed by atoms with Gasteiger partial charge in [0, 0.05) is 0 Å². The minimum Gasteiger partial charge on any atom is -0.374 e. The second kappa shape index (κ2) is 6.27. The van der Waals surface area contributed by atoms with Crippen LogP contribution in [0.2, 0.25) is 0 Å². The maximum Gasteiger partial charge on any atom is 0.146 e. The third-order valence-electron chi connectivity index (χ3n) is 1.51. The van der Waals surface area contributed by atoms with Crippen LogP contribution in [0.3, 0.4) is 0 Å². The molecule has 0 aromatic heterocycles. The molecule has 0 aliphatic rings. The summed E-state index contributed by atoms with van der Waals surface area (Å²) in [6.45, 7) is 6.13. The average molecular weight is 189 g/mol. The number of hydrogen-bond acceptors (Lipinski definition) is 1. The van der Waals surface area contributed by atoms with Crippen LogP contribution in [0.15, 0.2) is 23.3 Å². The SMILES string of the molecule is CC(C)=CCC/C(C)=C\C(O)Cl. The molecule has 0 fully saturated rings. The van der Waals surface area contributed by atoms with Crippen molar-refractivity contribution in [3.8, 4) is 0 Å². The fourth-order valence-corrected chi connectivity index (χ4v) is 1.12. The molecular formula is C10H17ClO. The minimum atomic E-state index is -0.836. The Hall–Kier alpha value is -0.270. The van der Waals surface area contributed by atoms with Crippen LogP contribution in [0.25, 0.3) is 0 Å². The van der Waals surface area contributed by atoms with Gasteiger partial charge in [-0.3, -0.25) is 0 Å². The minimum absolute atomic E-state index is 0.836. The monoisotopic (exact) mass is 188 g/mol. The Labute approximate surface area is 79.7 Å². The lowest BCUT2D eigenvalue weighted by Gasteiger charge is -1.99. The number of allylic oxidation sites excluding steroid dienone is 3.